The van der Waals surface area contributed by atoms with Gasteiger partial charge in [-0.15, -0.1) is 0 Å². The molecule has 2 unspecified atom stereocenters. The molecule has 4 aliphatic carbocycles. The first-order valence-corrected chi connectivity index (χ1v) is 8.52. The van der Waals surface area contributed by atoms with Crippen molar-refractivity contribution in [2.45, 2.75) is 50.9 Å². The highest BCUT2D eigenvalue weighted by atomic mass is 16.5. The Bertz CT molecular complexity index is 575. The Morgan fingerprint density at radius 3 is 2.36 bits per heavy atom. The Hall–Kier alpha value is -1.51. The normalized spacial score (nSPS) is 39.0. The summed E-state index contributed by atoms with van der Waals surface area (Å²) in [4.78, 5) is 11.9. The van der Waals surface area contributed by atoms with Crippen LogP contribution in [0.2, 0.25) is 0 Å². The predicted molar refractivity (Wildman–Crippen MR) is 84.0 cm³/mol. The van der Waals surface area contributed by atoms with Crippen molar-refractivity contribution in [3.8, 4) is 5.75 Å². The number of rotatable bonds is 4. The summed E-state index contributed by atoms with van der Waals surface area (Å²) in [6, 6.07) is 8.44. The minimum absolute atomic E-state index is 0.0905. The molecule has 118 valence electrons. The van der Waals surface area contributed by atoms with Crippen molar-refractivity contribution in [1.82, 2.24) is 0 Å². The zero-order chi connectivity index (χ0) is 15.4. The summed E-state index contributed by atoms with van der Waals surface area (Å²) in [5.41, 5.74) is 0.964. The highest BCUT2D eigenvalue weighted by Crippen LogP contribution is 2.65. The molecule has 1 aromatic rings. The molecule has 4 bridgehead atoms. The van der Waals surface area contributed by atoms with Gasteiger partial charge in [-0.05, 0) is 80.4 Å². The monoisotopic (exact) mass is 300 g/mol. The molecule has 22 heavy (non-hydrogen) atoms. The van der Waals surface area contributed by atoms with Gasteiger partial charge in [0.15, 0.2) is 0 Å². The molecular formula is C19H24O3. The molecule has 0 aliphatic heterocycles. The summed E-state index contributed by atoms with van der Waals surface area (Å²) in [5.74, 6) is 1.55. The number of ether oxygens (including phenoxy) is 1. The number of hydrogen-bond acceptors (Lipinski definition) is 2. The molecule has 5 rings (SSSR count). The van der Waals surface area contributed by atoms with Crippen LogP contribution in [-0.2, 0) is 10.2 Å². The van der Waals surface area contributed by atoms with E-state index in [1.807, 2.05) is 19.1 Å². The molecule has 0 saturated heterocycles. The maximum atomic E-state index is 11.9. The lowest BCUT2D eigenvalue weighted by molar-refractivity contribution is -0.167. The van der Waals surface area contributed by atoms with Gasteiger partial charge in [0, 0.05) is 0 Å². The molecule has 3 nitrogen and oxygen atoms in total. The lowest BCUT2D eigenvalue weighted by Crippen LogP contribution is -2.56. The van der Waals surface area contributed by atoms with Crippen LogP contribution >= 0.6 is 0 Å². The largest absolute Gasteiger partial charge is 0.494 e. The molecule has 0 heterocycles. The molecule has 1 N–H and O–H groups in total. The van der Waals surface area contributed by atoms with Crippen molar-refractivity contribution in [3.63, 3.8) is 0 Å². The van der Waals surface area contributed by atoms with E-state index in [0.717, 1.165) is 25.0 Å². The van der Waals surface area contributed by atoms with Crippen molar-refractivity contribution in [1.29, 1.82) is 0 Å². The Kier molecular flexibility index (Phi) is 3.04. The average molecular weight is 300 g/mol. The van der Waals surface area contributed by atoms with Crippen LogP contribution in [0.3, 0.4) is 0 Å². The summed E-state index contributed by atoms with van der Waals surface area (Å²) >= 11 is 0. The van der Waals surface area contributed by atoms with Crippen LogP contribution in [0.4, 0.5) is 0 Å². The van der Waals surface area contributed by atoms with E-state index in [9.17, 15) is 9.90 Å². The van der Waals surface area contributed by atoms with Crippen LogP contribution in [0.5, 0.6) is 5.75 Å². The molecule has 4 saturated carbocycles. The second-order valence-corrected chi connectivity index (χ2v) is 7.78. The minimum Gasteiger partial charge on any atom is -0.494 e. The van der Waals surface area contributed by atoms with Gasteiger partial charge >= 0.3 is 5.97 Å². The SMILES string of the molecule is CCOc1ccc(C23C[C@@H]4C[C@@H](CC(C(=O)O)(C4)C2)C3)cc1. The van der Waals surface area contributed by atoms with Crippen molar-refractivity contribution < 1.29 is 14.6 Å². The fourth-order valence-corrected chi connectivity index (χ4v) is 5.92. The van der Waals surface area contributed by atoms with Crippen molar-refractivity contribution in [2.24, 2.45) is 17.3 Å². The number of carbonyl (C=O) groups is 1. The van der Waals surface area contributed by atoms with Crippen molar-refractivity contribution >= 4 is 5.97 Å². The molecule has 0 radical (unpaired) electrons. The summed E-state index contributed by atoms with van der Waals surface area (Å²) in [5, 5.41) is 9.83. The van der Waals surface area contributed by atoms with Crippen LogP contribution in [-0.4, -0.2) is 17.7 Å². The zero-order valence-corrected chi connectivity index (χ0v) is 13.2. The van der Waals surface area contributed by atoms with Crippen molar-refractivity contribution in [2.75, 3.05) is 6.61 Å². The fourth-order valence-electron chi connectivity index (χ4n) is 5.92. The number of aliphatic carboxylic acids is 1. The van der Waals surface area contributed by atoms with Crippen LogP contribution in [0.15, 0.2) is 24.3 Å². The Balaban J connectivity index is 1.70. The molecule has 0 aromatic heterocycles. The van der Waals surface area contributed by atoms with Gasteiger partial charge in [0.05, 0.1) is 12.0 Å². The fraction of sp³-hybridized carbons (Fsp3) is 0.632. The van der Waals surface area contributed by atoms with Gasteiger partial charge in [-0.25, -0.2) is 0 Å². The molecule has 3 heteroatoms. The van der Waals surface area contributed by atoms with E-state index in [1.165, 1.54) is 24.8 Å². The third-order valence-electron chi connectivity index (χ3n) is 6.29. The highest BCUT2D eigenvalue weighted by Gasteiger charge is 2.61. The lowest BCUT2D eigenvalue weighted by atomic mass is 9.43. The van der Waals surface area contributed by atoms with Gasteiger partial charge in [0.1, 0.15) is 5.75 Å². The third-order valence-corrected chi connectivity index (χ3v) is 6.29. The molecule has 1 aromatic carbocycles. The first-order valence-electron chi connectivity index (χ1n) is 8.52. The molecular weight excluding hydrogens is 276 g/mol. The second-order valence-electron chi connectivity index (χ2n) is 7.78. The summed E-state index contributed by atoms with van der Waals surface area (Å²) in [6.45, 7) is 2.67. The molecule has 0 amide bonds. The minimum atomic E-state index is -0.558. The van der Waals surface area contributed by atoms with Gasteiger partial charge in [-0.2, -0.15) is 0 Å². The summed E-state index contributed by atoms with van der Waals surface area (Å²) < 4.78 is 5.54. The van der Waals surface area contributed by atoms with E-state index in [-0.39, 0.29) is 5.41 Å². The van der Waals surface area contributed by atoms with Crippen LogP contribution < -0.4 is 4.74 Å². The van der Waals surface area contributed by atoms with E-state index < -0.39 is 11.4 Å². The van der Waals surface area contributed by atoms with Gasteiger partial charge in [-0.3, -0.25) is 4.79 Å². The number of carboxylic acid groups (broad SMARTS) is 1. The van der Waals surface area contributed by atoms with E-state index in [2.05, 4.69) is 12.1 Å². The number of carboxylic acids is 1. The zero-order valence-electron chi connectivity index (χ0n) is 13.2. The third kappa shape index (κ3) is 1.98. The van der Waals surface area contributed by atoms with Crippen LogP contribution in [0.1, 0.15) is 51.0 Å². The first kappa shape index (κ1) is 14.1. The van der Waals surface area contributed by atoms with Gasteiger partial charge in [-0.1, -0.05) is 12.1 Å². The average Bonchev–Trinajstić information content (AvgIpc) is 2.47. The second kappa shape index (κ2) is 4.74. The molecule has 0 spiro atoms. The number of hydrogen-bond donors (Lipinski definition) is 1. The Morgan fingerprint density at radius 2 is 1.82 bits per heavy atom. The van der Waals surface area contributed by atoms with E-state index >= 15 is 0 Å². The summed E-state index contributed by atoms with van der Waals surface area (Å²) in [7, 11) is 0. The molecule has 4 atom stereocenters. The first-order chi connectivity index (χ1) is 10.6. The van der Waals surface area contributed by atoms with E-state index in [1.54, 1.807) is 0 Å². The molecule has 4 aliphatic rings. The van der Waals surface area contributed by atoms with Gasteiger partial charge in [0.2, 0.25) is 0 Å². The van der Waals surface area contributed by atoms with E-state index in [4.69, 9.17) is 4.74 Å². The predicted octanol–water partition coefficient (Wildman–Crippen LogP) is 4.01. The van der Waals surface area contributed by atoms with Crippen molar-refractivity contribution in [3.05, 3.63) is 29.8 Å². The van der Waals surface area contributed by atoms with Gasteiger partial charge < -0.3 is 9.84 Å². The standard InChI is InChI=1S/C19H24O3/c1-2-22-16-5-3-15(4-6-16)18-8-13-7-14(9-18)11-19(10-13,12-18)17(20)21/h3-6,13-14H,2,7-12H2,1H3,(H,20,21)/t13-,14+,18?,19?. The van der Waals surface area contributed by atoms with Crippen LogP contribution in [0, 0.1) is 17.3 Å². The Morgan fingerprint density at radius 1 is 1.18 bits per heavy atom. The smallest absolute Gasteiger partial charge is 0.309 e. The van der Waals surface area contributed by atoms with E-state index in [0.29, 0.717) is 18.4 Å². The maximum Gasteiger partial charge on any atom is 0.309 e. The lowest BCUT2D eigenvalue weighted by Gasteiger charge is -2.60. The number of benzene rings is 1. The molecule has 4 fully saturated rings. The summed E-state index contributed by atoms with van der Waals surface area (Å²) in [6.07, 6.45) is 6.22. The Labute approximate surface area is 131 Å². The topological polar surface area (TPSA) is 46.5 Å². The highest BCUT2D eigenvalue weighted by molar-refractivity contribution is 5.76. The quantitative estimate of drug-likeness (QED) is 0.914. The van der Waals surface area contributed by atoms with Crippen LogP contribution in [0.25, 0.3) is 0 Å². The maximum absolute atomic E-state index is 11.9. The van der Waals surface area contributed by atoms with Gasteiger partial charge in [0.25, 0.3) is 0 Å².